The van der Waals surface area contributed by atoms with Gasteiger partial charge in [-0.05, 0) is 0 Å². The van der Waals surface area contributed by atoms with Crippen LogP contribution >= 0.6 is 0 Å². The first-order chi connectivity index (χ1) is 21.1. The molecule has 0 unspecified atom stereocenters. The van der Waals surface area contributed by atoms with E-state index < -0.39 is 0 Å². The first-order valence-electron chi connectivity index (χ1n) is 20.1. The second-order valence-corrected chi connectivity index (χ2v) is 15.8. The topological polar surface area (TPSA) is 6.48 Å². The average Bonchev–Trinajstić information content (AvgIpc) is 3.00. The van der Waals surface area contributed by atoms with Crippen LogP contribution in [0.2, 0.25) is 0 Å². The predicted molar refractivity (Wildman–Crippen MR) is 189 cm³/mol. The van der Waals surface area contributed by atoms with E-state index in [9.17, 15) is 0 Å². The van der Waals surface area contributed by atoms with Gasteiger partial charge in [0.1, 0.15) is 0 Å². The van der Waals surface area contributed by atoms with Crippen LogP contribution in [-0.2, 0) is 16.5 Å². The molecule has 0 spiro atoms. The van der Waals surface area contributed by atoms with Gasteiger partial charge in [0.15, 0.2) is 0 Å². The summed E-state index contributed by atoms with van der Waals surface area (Å²) in [5.74, 6) is 0. The Hall–Kier alpha value is 0.412. The van der Waals surface area contributed by atoms with Crippen molar-refractivity contribution in [1.29, 1.82) is 0 Å². The van der Waals surface area contributed by atoms with Crippen LogP contribution in [-0.4, -0.2) is 52.9 Å². The number of unbranched alkanes of at least 4 members (excludes halogenated alkanes) is 27. The predicted octanol–water partition coefficient (Wildman–Crippen LogP) is 12.5. The zero-order valence-corrected chi connectivity index (χ0v) is 31.5. The standard InChI is InChI=1S/C39H81N3.Cr/c1-4-7-10-13-16-19-22-25-28-31-34-40-37-41(35-32-29-26-23-20-17-14-11-8-5-2)39-42(38-40)36-33-30-27-24-21-18-15-12-9-6-3;/h4-39H2,1-3H3;/q;+1. The normalized spacial score (nSPS) is 15.9. The molecule has 4 heteroatoms. The molecule has 257 valence electrons. The van der Waals surface area contributed by atoms with Crippen molar-refractivity contribution < 1.29 is 20.0 Å². The first kappa shape index (κ1) is 41.4. The summed E-state index contributed by atoms with van der Waals surface area (Å²) in [5, 5.41) is 0. The minimum absolute atomic E-state index is 1.13. The van der Waals surface area contributed by atoms with Gasteiger partial charge >= 0.3 is 236 Å². The van der Waals surface area contributed by atoms with Crippen molar-refractivity contribution in [2.45, 2.75) is 213 Å². The van der Waals surface area contributed by atoms with Gasteiger partial charge in [-0.3, -0.25) is 0 Å². The maximum atomic E-state index is 3.72. The number of hydrogen-bond donors (Lipinski definition) is 0. The maximum absolute atomic E-state index is 3.72. The molecule has 1 aliphatic heterocycles. The molecule has 0 atom stereocenters. The van der Waals surface area contributed by atoms with Crippen molar-refractivity contribution in [3.8, 4) is 0 Å². The van der Waals surface area contributed by atoms with E-state index in [0.29, 0.717) is 0 Å². The van der Waals surface area contributed by atoms with Crippen molar-refractivity contribution in [2.24, 2.45) is 0 Å². The molecule has 0 radical (unpaired) electrons. The summed E-state index contributed by atoms with van der Waals surface area (Å²) >= 11 is 3.72. The van der Waals surface area contributed by atoms with Crippen molar-refractivity contribution in [3.63, 3.8) is 0 Å². The van der Waals surface area contributed by atoms with E-state index in [1.54, 1.807) is 0 Å². The Balaban J connectivity index is 2.32. The molecule has 1 aliphatic rings. The fourth-order valence-electron chi connectivity index (χ4n) is 7.10. The van der Waals surface area contributed by atoms with Gasteiger partial charge in [0.2, 0.25) is 0 Å². The Bertz CT molecular complexity index is 525. The third kappa shape index (κ3) is 26.2. The zero-order chi connectivity index (χ0) is 31.1. The molecule has 0 aromatic rings. The molecular formula is C39H81CrN3+. The van der Waals surface area contributed by atoms with E-state index in [-0.39, 0.29) is 0 Å². The van der Waals surface area contributed by atoms with E-state index in [1.165, 1.54) is 232 Å². The van der Waals surface area contributed by atoms with Crippen LogP contribution in [0.3, 0.4) is 0 Å². The summed E-state index contributed by atoms with van der Waals surface area (Å²) in [6.45, 7) is 14.5. The molecule has 1 saturated heterocycles. The van der Waals surface area contributed by atoms with Crippen LogP contribution in [0.4, 0.5) is 0 Å². The minimum atomic E-state index is 1.13. The monoisotopic (exact) mass is 644 g/mol. The van der Waals surface area contributed by atoms with E-state index in [2.05, 4.69) is 47.1 Å². The van der Waals surface area contributed by atoms with E-state index in [1.807, 2.05) is 0 Å². The summed E-state index contributed by atoms with van der Waals surface area (Å²) < 4.78 is 1.13. The molecule has 0 saturated carbocycles. The molecule has 0 N–H and O–H groups in total. The van der Waals surface area contributed by atoms with Gasteiger partial charge < -0.3 is 0 Å². The fourth-order valence-corrected chi connectivity index (χ4v) is 7.81. The second-order valence-electron chi connectivity index (χ2n) is 14.5. The first-order valence-corrected chi connectivity index (χ1v) is 20.7. The van der Waals surface area contributed by atoms with E-state index in [4.69, 9.17) is 0 Å². The van der Waals surface area contributed by atoms with Crippen molar-refractivity contribution in [2.75, 3.05) is 39.6 Å². The Morgan fingerprint density at radius 2 is 0.628 bits per heavy atom. The third-order valence-corrected chi connectivity index (χ3v) is 10.5. The molecule has 0 amide bonds. The molecule has 3 nitrogen and oxygen atoms in total. The average molecular weight is 644 g/mol. The van der Waals surface area contributed by atoms with Crippen LogP contribution in [0.15, 0.2) is 0 Å². The van der Waals surface area contributed by atoms with Crippen molar-refractivity contribution in [1.82, 2.24) is 9.80 Å². The van der Waals surface area contributed by atoms with Gasteiger partial charge in [-0.2, -0.15) is 0 Å². The van der Waals surface area contributed by atoms with Gasteiger partial charge in [0, 0.05) is 0 Å². The number of rotatable bonds is 33. The van der Waals surface area contributed by atoms with Gasteiger partial charge in [0.25, 0.3) is 0 Å². The van der Waals surface area contributed by atoms with Gasteiger partial charge in [-0.25, -0.2) is 0 Å². The zero-order valence-electron chi connectivity index (χ0n) is 30.2. The molecule has 43 heavy (non-hydrogen) atoms. The summed E-state index contributed by atoms with van der Waals surface area (Å²) in [7, 11) is 0. The van der Waals surface area contributed by atoms with Crippen molar-refractivity contribution in [3.05, 3.63) is 0 Å². The Labute approximate surface area is 281 Å². The number of nitrogens with zero attached hydrogens (tertiary/aromatic N) is 3. The Morgan fingerprint density at radius 1 is 0.372 bits per heavy atom. The van der Waals surface area contributed by atoms with Crippen LogP contribution in [0, 0.1) is 0 Å². The fraction of sp³-hybridized carbons (Fsp3) is 1.00. The molecule has 1 rings (SSSR count). The SMILES string of the molecule is CCCCCCCCCCCCN1CN(CCCCCCCCCCCC)C[N+]([Cr])(CCCCCCCCCCCC)C1. The number of hydrogen-bond acceptors (Lipinski definition) is 2. The van der Waals surface area contributed by atoms with Crippen molar-refractivity contribution >= 4 is 0 Å². The Morgan fingerprint density at radius 3 is 0.930 bits per heavy atom. The second kappa shape index (κ2) is 31.0. The molecular weight excluding hydrogens is 562 g/mol. The van der Waals surface area contributed by atoms with Crippen LogP contribution < -0.4 is 0 Å². The summed E-state index contributed by atoms with van der Waals surface area (Å²) in [6.07, 6.45) is 43.0. The third-order valence-electron chi connectivity index (χ3n) is 9.89. The molecule has 0 bridgehead atoms. The summed E-state index contributed by atoms with van der Waals surface area (Å²) in [6, 6.07) is 0. The molecule has 0 aliphatic carbocycles. The van der Waals surface area contributed by atoms with E-state index in [0.717, 1.165) is 3.47 Å². The van der Waals surface area contributed by atoms with Gasteiger partial charge in [-0.1, -0.05) is 46.5 Å². The van der Waals surface area contributed by atoms with Crippen LogP contribution in [0.1, 0.15) is 213 Å². The molecule has 0 aromatic carbocycles. The molecule has 1 heterocycles. The quantitative estimate of drug-likeness (QED) is 0.0657. The summed E-state index contributed by atoms with van der Waals surface area (Å²) in [4.78, 5) is 5.61. The van der Waals surface area contributed by atoms with Crippen LogP contribution in [0.25, 0.3) is 0 Å². The molecule has 1 fully saturated rings. The molecule has 0 aromatic heterocycles. The van der Waals surface area contributed by atoms with E-state index >= 15 is 0 Å². The van der Waals surface area contributed by atoms with Gasteiger partial charge in [0.05, 0.1) is 0 Å². The Kier molecular flexibility index (Phi) is 29.9. The van der Waals surface area contributed by atoms with Gasteiger partial charge in [-0.15, -0.1) is 0 Å². The summed E-state index contributed by atoms with van der Waals surface area (Å²) in [5.41, 5.74) is 0. The van der Waals surface area contributed by atoms with Crippen LogP contribution in [0.5, 0.6) is 0 Å². The number of quaternary nitrogens is 1.